The molecule has 25 heavy (non-hydrogen) atoms. The molecule has 2 heterocycles. The molecule has 1 aromatic rings. The number of guanidine groups is 1. The molecule has 0 radical (unpaired) electrons. The van der Waals surface area contributed by atoms with Crippen molar-refractivity contribution in [3.63, 3.8) is 0 Å². The summed E-state index contributed by atoms with van der Waals surface area (Å²) < 4.78 is 1.87. The average Bonchev–Trinajstić information content (AvgIpc) is 3.25. The minimum Gasteiger partial charge on any atom is -0.391 e. The van der Waals surface area contributed by atoms with E-state index in [1.54, 1.807) is 0 Å². The topological polar surface area (TPSA) is 65.7 Å². The first-order valence-electron chi connectivity index (χ1n) is 9.29. The standard InChI is InChI=1S/C18H31N5O.HI/c1-19-18(20-11-17(24)14-6-4-3-5-7-14)23-9-8-15(13-23)16-10-21-22(2)12-16;/h10,12,14-15,17,24H,3-9,11,13H2,1-2H3,(H,19,20);1H. The number of halogens is 1. The second-order valence-electron chi connectivity index (χ2n) is 7.27. The number of aliphatic imine (C=N–C) groups is 1. The molecule has 7 heteroatoms. The van der Waals surface area contributed by atoms with Crippen molar-refractivity contribution < 1.29 is 5.11 Å². The Morgan fingerprint density at radius 2 is 2.12 bits per heavy atom. The lowest BCUT2D eigenvalue weighted by molar-refractivity contribution is 0.0875. The Bertz CT molecular complexity index is 555. The van der Waals surface area contributed by atoms with Crippen LogP contribution in [0.3, 0.4) is 0 Å². The van der Waals surface area contributed by atoms with Crippen LogP contribution >= 0.6 is 24.0 Å². The summed E-state index contributed by atoms with van der Waals surface area (Å²) in [5.41, 5.74) is 1.30. The molecule has 1 aromatic heterocycles. The van der Waals surface area contributed by atoms with Crippen molar-refractivity contribution in [1.29, 1.82) is 0 Å². The molecule has 0 spiro atoms. The van der Waals surface area contributed by atoms with E-state index in [4.69, 9.17) is 0 Å². The van der Waals surface area contributed by atoms with Crippen LogP contribution in [0.5, 0.6) is 0 Å². The van der Waals surface area contributed by atoms with Gasteiger partial charge in [0, 0.05) is 45.8 Å². The van der Waals surface area contributed by atoms with Gasteiger partial charge in [-0.2, -0.15) is 5.10 Å². The lowest BCUT2D eigenvalue weighted by atomic mass is 9.85. The van der Waals surface area contributed by atoms with Crippen LogP contribution in [-0.4, -0.2) is 58.5 Å². The van der Waals surface area contributed by atoms with E-state index in [-0.39, 0.29) is 30.1 Å². The summed E-state index contributed by atoms with van der Waals surface area (Å²) in [5, 5.41) is 18.1. The minimum absolute atomic E-state index is 0. The number of nitrogens with zero attached hydrogens (tertiary/aromatic N) is 4. The third kappa shape index (κ3) is 5.32. The maximum atomic E-state index is 10.4. The van der Waals surface area contributed by atoms with Gasteiger partial charge in [0.2, 0.25) is 0 Å². The summed E-state index contributed by atoms with van der Waals surface area (Å²) in [4.78, 5) is 6.72. The molecule has 142 valence electrons. The molecule has 0 amide bonds. The first-order chi connectivity index (χ1) is 11.7. The predicted octanol–water partition coefficient (Wildman–Crippen LogP) is 2.34. The Hall–Kier alpha value is -0.830. The fourth-order valence-corrected chi connectivity index (χ4v) is 4.09. The van der Waals surface area contributed by atoms with E-state index in [0.29, 0.717) is 18.4 Å². The van der Waals surface area contributed by atoms with Crippen LogP contribution in [0.25, 0.3) is 0 Å². The maximum Gasteiger partial charge on any atom is 0.193 e. The highest BCUT2D eigenvalue weighted by atomic mass is 127. The van der Waals surface area contributed by atoms with E-state index in [0.717, 1.165) is 38.3 Å². The Kier molecular flexibility index (Phi) is 7.99. The Morgan fingerprint density at radius 3 is 2.76 bits per heavy atom. The van der Waals surface area contributed by atoms with Crippen molar-refractivity contribution in [3.8, 4) is 0 Å². The zero-order chi connectivity index (χ0) is 16.9. The molecule has 2 aliphatic rings. The van der Waals surface area contributed by atoms with Gasteiger partial charge in [0.15, 0.2) is 5.96 Å². The third-order valence-corrected chi connectivity index (χ3v) is 5.56. The molecule has 2 fully saturated rings. The summed E-state index contributed by atoms with van der Waals surface area (Å²) >= 11 is 0. The highest BCUT2D eigenvalue weighted by Gasteiger charge is 2.28. The van der Waals surface area contributed by atoms with E-state index in [1.165, 1.54) is 24.8 Å². The van der Waals surface area contributed by atoms with Gasteiger partial charge >= 0.3 is 0 Å². The number of hydrogen-bond acceptors (Lipinski definition) is 3. The highest BCUT2D eigenvalue weighted by molar-refractivity contribution is 14.0. The van der Waals surface area contributed by atoms with Gasteiger partial charge in [0.05, 0.1) is 12.3 Å². The number of hydrogen-bond donors (Lipinski definition) is 2. The molecular formula is C18H32IN5O. The Morgan fingerprint density at radius 1 is 1.36 bits per heavy atom. The van der Waals surface area contributed by atoms with E-state index < -0.39 is 0 Å². The molecular weight excluding hydrogens is 429 g/mol. The fourth-order valence-electron chi connectivity index (χ4n) is 4.09. The van der Waals surface area contributed by atoms with Gasteiger partial charge in [0.25, 0.3) is 0 Å². The molecule has 0 bridgehead atoms. The normalized spacial score (nSPS) is 23.4. The van der Waals surface area contributed by atoms with Gasteiger partial charge in [-0.15, -0.1) is 24.0 Å². The molecule has 1 saturated heterocycles. The molecule has 2 unspecified atom stereocenters. The zero-order valence-electron chi connectivity index (χ0n) is 15.4. The second kappa shape index (κ2) is 9.75. The maximum absolute atomic E-state index is 10.4. The quantitative estimate of drug-likeness (QED) is 0.411. The van der Waals surface area contributed by atoms with Crippen LogP contribution < -0.4 is 5.32 Å². The molecule has 1 saturated carbocycles. The molecule has 1 aliphatic heterocycles. The van der Waals surface area contributed by atoms with Gasteiger partial charge < -0.3 is 15.3 Å². The first kappa shape index (κ1) is 20.5. The number of aryl methyl sites for hydroxylation is 1. The lowest BCUT2D eigenvalue weighted by Gasteiger charge is -2.28. The second-order valence-corrected chi connectivity index (χ2v) is 7.27. The Labute approximate surface area is 168 Å². The fraction of sp³-hybridized carbons (Fsp3) is 0.778. The number of aromatic nitrogens is 2. The van der Waals surface area contributed by atoms with Crippen molar-refractivity contribution in [1.82, 2.24) is 20.0 Å². The zero-order valence-corrected chi connectivity index (χ0v) is 17.7. The Balaban J connectivity index is 0.00000225. The first-order valence-corrected chi connectivity index (χ1v) is 9.29. The SMILES string of the molecule is CN=C(NCC(O)C1CCCCC1)N1CCC(c2cnn(C)c2)C1.I. The molecule has 0 aromatic carbocycles. The van der Waals surface area contributed by atoms with Gasteiger partial charge in [-0.25, -0.2) is 0 Å². The molecule has 1 aliphatic carbocycles. The van der Waals surface area contributed by atoms with Gasteiger partial charge in [-0.05, 0) is 30.7 Å². The number of aliphatic hydroxyl groups excluding tert-OH is 1. The van der Waals surface area contributed by atoms with Crippen molar-refractivity contribution in [2.45, 2.75) is 50.5 Å². The largest absolute Gasteiger partial charge is 0.391 e. The van der Waals surface area contributed by atoms with Gasteiger partial charge in [-0.1, -0.05) is 19.3 Å². The summed E-state index contributed by atoms with van der Waals surface area (Å²) in [6, 6.07) is 0. The van der Waals surface area contributed by atoms with E-state index in [2.05, 4.69) is 26.5 Å². The minimum atomic E-state index is -0.265. The summed E-state index contributed by atoms with van der Waals surface area (Å²) in [6.45, 7) is 2.56. The van der Waals surface area contributed by atoms with E-state index >= 15 is 0 Å². The molecule has 2 N–H and O–H groups in total. The predicted molar refractivity (Wildman–Crippen MR) is 111 cm³/mol. The van der Waals surface area contributed by atoms with Crippen LogP contribution in [-0.2, 0) is 7.05 Å². The van der Waals surface area contributed by atoms with Crippen molar-refractivity contribution in [2.24, 2.45) is 18.0 Å². The molecule has 3 rings (SSSR count). The van der Waals surface area contributed by atoms with Crippen molar-refractivity contribution in [3.05, 3.63) is 18.0 Å². The number of aliphatic hydroxyl groups is 1. The summed E-state index contributed by atoms with van der Waals surface area (Å²) in [6.07, 6.45) is 11.1. The van der Waals surface area contributed by atoms with Crippen LogP contribution in [0.15, 0.2) is 17.4 Å². The third-order valence-electron chi connectivity index (χ3n) is 5.56. The summed E-state index contributed by atoms with van der Waals surface area (Å²) in [7, 11) is 3.79. The van der Waals surface area contributed by atoms with Crippen LogP contribution in [0.1, 0.15) is 50.0 Å². The number of likely N-dealkylation sites (tertiary alicyclic amines) is 1. The number of rotatable bonds is 4. The summed E-state index contributed by atoms with van der Waals surface area (Å²) in [5.74, 6) is 1.88. The van der Waals surface area contributed by atoms with E-state index in [9.17, 15) is 5.11 Å². The highest BCUT2D eigenvalue weighted by Crippen LogP contribution is 2.27. The van der Waals surface area contributed by atoms with Crippen molar-refractivity contribution >= 4 is 29.9 Å². The lowest BCUT2D eigenvalue weighted by Crippen LogP contribution is -2.44. The van der Waals surface area contributed by atoms with Crippen LogP contribution in [0, 0.1) is 5.92 Å². The molecule has 2 atom stereocenters. The van der Waals surface area contributed by atoms with Gasteiger partial charge in [-0.3, -0.25) is 9.67 Å². The molecule has 6 nitrogen and oxygen atoms in total. The monoisotopic (exact) mass is 461 g/mol. The number of nitrogens with one attached hydrogen (secondary N) is 1. The van der Waals surface area contributed by atoms with Crippen molar-refractivity contribution in [2.75, 3.05) is 26.7 Å². The van der Waals surface area contributed by atoms with Crippen LogP contribution in [0.4, 0.5) is 0 Å². The van der Waals surface area contributed by atoms with Gasteiger partial charge in [0.1, 0.15) is 0 Å². The van der Waals surface area contributed by atoms with E-state index in [1.807, 2.05) is 25.0 Å². The van der Waals surface area contributed by atoms with Crippen LogP contribution in [0.2, 0.25) is 0 Å². The smallest absolute Gasteiger partial charge is 0.193 e. The average molecular weight is 461 g/mol.